The third-order valence-corrected chi connectivity index (χ3v) is 5.96. The summed E-state index contributed by atoms with van der Waals surface area (Å²) in [6.07, 6.45) is 0. The molecule has 176 valence electrons. The standard InChI is InChI=1S/C25H30N2O6/c1-5-26(6-2)13-14-27-22(16-7-10-18(28)11-8-16)21(24(30)25(27)31)23(29)17-9-12-19(32-3)20(15-17)33-4/h7-12,15,22,28-29H,5-6,13-14H2,1-4H3/b23-21+. The van der Waals surface area contributed by atoms with Crippen LogP contribution in [0.3, 0.4) is 0 Å². The molecule has 1 heterocycles. The Balaban J connectivity index is 2.12. The molecule has 1 amide bonds. The third-order valence-electron chi connectivity index (χ3n) is 5.96. The average molecular weight is 455 g/mol. The molecule has 0 spiro atoms. The van der Waals surface area contributed by atoms with Crippen molar-refractivity contribution < 1.29 is 29.3 Å². The summed E-state index contributed by atoms with van der Waals surface area (Å²) in [5.41, 5.74) is 0.948. The molecule has 1 saturated heterocycles. The van der Waals surface area contributed by atoms with E-state index < -0.39 is 17.7 Å². The summed E-state index contributed by atoms with van der Waals surface area (Å²) in [5, 5.41) is 20.9. The van der Waals surface area contributed by atoms with Crippen molar-refractivity contribution in [2.24, 2.45) is 0 Å². The number of aliphatic hydroxyl groups excluding tert-OH is 1. The van der Waals surface area contributed by atoms with Gasteiger partial charge in [-0.1, -0.05) is 26.0 Å². The van der Waals surface area contributed by atoms with Gasteiger partial charge in [-0.25, -0.2) is 0 Å². The number of aliphatic hydroxyl groups is 1. The predicted octanol–water partition coefficient (Wildman–Crippen LogP) is 3.17. The van der Waals surface area contributed by atoms with Crippen LogP contribution in [0.1, 0.15) is 31.0 Å². The van der Waals surface area contributed by atoms with Crippen molar-refractivity contribution in [3.05, 3.63) is 59.2 Å². The van der Waals surface area contributed by atoms with Crippen LogP contribution in [0.15, 0.2) is 48.0 Å². The number of carbonyl (C=O) groups is 2. The number of phenolic OH excluding ortho intramolecular Hbond substituents is 1. The zero-order valence-corrected chi connectivity index (χ0v) is 19.4. The molecule has 1 aliphatic rings. The van der Waals surface area contributed by atoms with Crippen LogP contribution < -0.4 is 9.47 Å². The molecule has 0 saturated carbocycles. The first-order valence-electron chi connectivity index (χ1n) is 10.9. The molecule has 2 aromatic rings. The molecule has 8 nitrogen and oxygen atoms in total. The Bertz CT molecular complexity index is 1040. The van der Waals surface area contributed by atoms with Gasteiger partial charge in [0.25, 0.3) is 11.7 Å². The molecule has 2 aromatic carbocycles. The lowest BCUT2D eigenvalue weighted by Crippen LogP contribution is -2.38. The van der Waals surface area contributed by atoms with Crippen molar-refractivity contribution in [3.63, 3.8) is 0 Å². The van der Waals surface area contributed by atoms with Gasteiger partial charge in [0, 0.05) is 18.7 Å². The summed E-state index contributed by atoms with van der Waals surface area (Å²) < 4.78 is 10.6. The number of Topliss-reactive ketones (excluding diaryl/α,β-unsaturated/α-hetero) is 1. The Labute approximate surface area is 193 Å². The number of ketones is 1. The van der Waals surface area contributed by atoms with Gasteiger partial charge < -0.3 is 29.5 Å². The fraction of sp³-hybridized carbons (Fsp3) is 0.360. The van der Waals surface area contributed by atoms with Gasteiger partial charge in [0.2, 0.25) is 0 Å². The van der Waals surface area contributed by atoms with E-state index in [4.69, 9.17) is 9.47 Å². The zero-order chi connectivity index (χ0) is 24.1. The number of hydrogen-bond donors (Lipinski definition) is 2. The smallest absolute Gasteiger partial charge is 0.295 e. The number of hydrogen-bond acceptors (Lipinski definition) is 7. The number of ether oxygens (including phenoxy) is 2. The molecule has 3 rings (SSSR count). The van der Waals surface area contributed by atoms with E-state index in [0.717, 1.165) is 13.1 Å². The molecular formula is C25H30N2O6. The minimum absolute atomic E-state index is 0.00235. The molecule has 0 bridgehead atoms. The number of methoxy groups -OCH3 is 2. The lowest BCUT2D eigenvalue weighted by Gasteiger charge is -2.28. The van der Waals surface area contributed by atoms with Crippen molar-refractivity contribution in [2.45, 2.75) is 19.9 Å². The molecule has 1 unspecified atom stereocenters. The van der Waals surface area contributed by atoms with Crippen LogP contribution in [-0.4, -0.2) is 72.1 Å². The van der Waals surface area contributed by atoms with Crippen molar-refractivity contribution in [2.75, 3.05) is 40.4 Å². The summed E-state index contributed by atoms with van der Waals surface area (Å²) in [5.74, 6) is -0.777. The van der Waals surface area contributed by atoms with Gasteiger partial charge in [-0.15, -0.1) is 0 Å². The first kappa shape index (κ1) is 24.1. The monoisotopic (exact) mass is 454 g/mol. The number of likely N-dealkylation sites (tertiary alicyclic amines) is 1. The van der Waals surface area contributed by atoms with Crippen LogP contribution in [0.5, 0.6) is 17.2 Å². The second-order valence-electron chi connectivity index (χ2n) is 7.68. The number of carbonyl (C=O) groups excluding carboxylic acids is 2. The van der Waals surface area contributed by atoms with E-state index in [0.29, 0.717) is 35.7 Å². The first-order chi connectivity index (χ1) is 15.9. The second-order valence-corrected chi connectivity index (χ2v) is 7.68. The van der Waals surface area contributed by atoms with Crippen molar-refractivity contribution >= 4 is 17.4 Å². The molecule has 0 aliphatic carbocycles. The van der Waals surface area contributed by atoms with Crippen LogP contribution in [0.25, 0.3) is 5.76 Å². The Morgan fingerprint density at radius 3 is 2.21 bits per heavy atom. The minimum atomic E-state index is -0.783. The molecule has 8 heteroatoms. The fourth-order valence-corrected chi connectivity index (χ4v) is 4.04. The van der Waals surface area contributed by atoms with E-state index >= 15 is 0 Å². The van der Waals surface area contributed by atoms with Gasteiger partial charge >= 0.3 is 0 Å². The number of amides is 1. The van der Waals surface area contributed by atoms with E-state index in [-0.39, 0.29) is 17.1 Å². The number of phenols is 1. The summed E-state index contributed by atoms with van der Waals surface area (Å²) in [7, 11) is 2.98. The topological polar surface area (TPSA) is 99.5 Å². The fourth-order valence-electron chi connectivity index (χ4n) is 4.04. The van der Waals surface area contributed by atoms with Crippen molar-refractivity contribution in [3.8, 4) is 17.2 Å². The normalized spacial score (nSPS) is 17.6. The van der Waals surface area contributed by atoms with Crippen LogP contribution in [-0.2, 0) is 9.59 Å². The average Bonchev–Trinajstić information content (AvgIpc) is 3.09. The maximum atomic E-state index is 13.1. The highest BCUT2D eigenvalue weighted by Crippen LogP contribution is 2.40. The van der Waals surface area contributed by atoms with E-state index in [1.54, 1.807) is 30.3 Å². The molecule has 1 fully saturated rings. The maximum absolute atomic E-state index is 13.1. The van der Waals surface area contributed by atoms with Crippen LogP contribution in [0, 0.1) is 0 Å². The SMILES string of the molecule is CCN(CC)CCN1C(=O)C(=O)/C(=C(/O)c2ccc(OC)c(OC)c2)C1c1ccc(O)cc1. The Morgan fingerprint density at radius 2 is 1.64 bits per heavy atom. The molecule has 0 radical (unpaired) electrons. The quantitative estimate of drug-likeness (QED) is 0.341. The molecule has 2 N–H and O–H groups in total. The highest BCUT2D eigenvalue weighted by molar-refractivity contribution is 6.46. The lowest BCUT2D eigenvalue weighted by atomic mass is 9.95. The van der Waals surface area contributed by atoms with Crippen molar-refractivity contribution in [1.29, 1.82) is 0 Å². The summed E-state index contributed by atoms with van der Waals surface area (Å²) in [4.78, 5) is 29.8. The first-order valence-corrected chi connectivity index (χ1v) is 10.9. The van der Waals surface area contributed by atoms with E-state index in [9.17, 15) is 19.8 Å². The maximum Gasteiger partial charge on any atom is 0.295 e. The number of aromatic hydroxyl groups is 1. The van der Waals surface area contributed by atoms with Gasteiger partial charge in [-0.2, -0.15) is 0 Å². The van der Waals surface area contributed by atoms with Gasteiger partial charge in [0.05, 0.1) is 25.8 Å². The Morgan fingerprint density at radius 1 is 1.00 bits per heavy atom. The number of nitrogens with zero attached hydrogens (tertiary/aromatic N) is 2. The summed E-state index contributed by atoms with van der Waals surface area (Å²) >= 11 is 0. The van der Waals surface area contributed by atoms with E-state index in [2.05, 4.69) is 4.90 Å². The number of likely N-dealkylation sites (N-methyl/N-ethyl adjacent to an activating group) is 1. The zero-order valence-electron chi connectivity index (χ0n) is 19.4. The van der Waals surface area contributed by atoms with Gasteiger partial charge in [-0.05, 0) is 49.0 Å². The molecule has 33 heavy (non-hydrogen) atoms. The number of rotatable bonds is 9. The summed E-state index contributed by atoms with van der Waals surface area (Å²) in [6.45, 7) is 6.61. The van der Waals surface area contributed by atoms with Gasteiger partial charge in [0.1, 0.15) is 11.5 Å². The largest absolute Gasteiger partial charge is 0.508 e. The van der Waals surface area contributed by atoms with E-state index in [1.807, 2.05) is 13.8 Å². The van der Waals surface area contributed by atoms with Crippen molar-refractivity contribution in [1.82, 2.24) is 9.80 Å². The highest BCUT2D eigenvalue weighted by atomic mass is 16.5. The van der Waals surface area contributed by atoms with E-state index in [1.165, 1.54) is 31.3 Å². The van der Waals surface area contributed by atoms with Gasteiger partial charge in [0.15, 0.2) is 11.5 Å². The molecular weight excluding hydrogens is 424 g/mol. The molecule has 0 aromatic heterocycles. The molecule has 1 atom stereocenters. The third kappa shape index (κ3) is 4.80. The predicted molar refractivity (Wildman–Crippen MR) is 124 cm³/mol. The summed E-state index contributed by atoms with van der Waals surface area (Å²) in [6, 6.07) is 10.3. The Kier molecular flexibility index (Phi) is 7.60. The van der Waals surface area contributed by atoms with Crippen LogP contribution in [0.4, 0.5) is 0 Å². The minimum Gasteiger partial charge on any atom is -0.508 e. The highest BCUT2D eigenvalue weighted by Gasteiger charge is 2.46. The van der Waals surface area contributed by atoms with Crippen LogP contribution >= 0.6 is 0 Å². The molecule has 1 aliphatic heterocycles. The van der Waals surface area contributed by atoms with Crippen LogP contribution in [0.2, 0.25) is 0 Å². The Hall–Kier alpha value is -3.52. The van der Waals surface area contributed by atoms with Gasteiger partial charge in [-0.3, -0.25) is 9.59 Å². The number of benzene rings is 2. The second kappa shape index (κ2) is 10.4. The lowest BCUT2D eigenvalue weighted by molar-refractivity contribution is -0.140.